The van der Waals surface area contributed by atoms with Gasteiger partial charge in [-0.2, -0.15) is 0 Å². The van der Waals surface area contributed by atoms with Gasteiger partial charge in [0.2, 0.25) is 5.28 Å². The Labute approximate surface area is 101 Å². The number of aromatic nitrogens is 2. The molecule has 2 rings (SSSR count). The first kappa shape index (κ1) is 10.6. The third-order valence-electron chi connectivity index (χ3n) is 2.00. The fourth-order valence-electron chi connectivity index (χ4n) is 1.27. The van der Waals surface area contributed by atoms with Crippen molar-refractivity contribution in [2.45, 2.75) is 6.42 Å². The molecule has 0 saturated carbocycles. The lowest BCUT2D eigenvalue weighted by atomic mass is 10.1. The van der Waals surface area contributed by atoms with Crippen LogP contribution in [0.5, 0.6) is 0 Å². The molecule has 0 saturated heterocycles. The van der Waals surface area contributed by atoms with Gasteiger partial charge in [-0.1, -0.05) is 28.1 Å². The van der Waals surface area contributed by atoms with E-state index in [1.54, 1.807) is 12.4 Å². The molecular formula is C11H8BrClN2. The summed E-state index contributed by atoms with van der Waals surface area (Å²) >= 11 is 9.01. The molecule has 0 radical (unpaired) electrons. The van der Waals surface area contributed by atoms with Crippen LogP contribution in [0.4, 0.5) is 0 Å². The van der Waals surface area contributed by atoms with E-state index in [-0.39, 0.29) is 5.28 Å². The third-order valence-corrected chi connectivity index (χ3v) is 2.72. The van der Waals surface area contributed by atoms with Crippen LogP contribution in [0.15, 0.2) is 41.1 Å². The molecule has 0 spiro atoms. The maximum atomic E-state index is 5.61. The van der Waals surface area contributed by atoms with E-state index in [1.807, 2.05) is 12.1 Å². The van der Waals surface area contributed by atoms with Crippen molar-refractivity contribution in [3.63, 3.8) is 0 Å². The largest absolute Gasteiger partial charge is 0.226 e. The number of rotatable bonds is 2. The Morgan fingerprint density at radius 1 is 1.00 bits per heavy atom. The van der Waals surface area contributed by atoms with Crippen molar-refractivity contribution >= 4 is 27.5 Å². The summed E-state index contributed by atoms with van der Waals surface area (Å²) in [5.41, 5.74) is 2.28. The summed E-state index contributed by atoms with van der Waals surface area (Å²) in [6, 6.07) is 8.18. The second-order valence-corrected chi connectivity index (χ2v) is 4.42. The highest BCUT2D eigenvalue weighted by molar-refractivity contribution is 9.10. The Hall–Kier alpha value is -0.930. The Kier molecular flexibility index (Phi) is 3.34. The van der Waals surface area contributed by atoms with Gasteiger partial charge >= 0.3 is 0 Å². The van der Waals surface area contributed by atoms with Gasteiger partial charge in [0.05, 0.1) is 0 Å². The average Bonchev–Trinajstić information content (AvgIpc) is 2.25. The van der Waals surface area contributed by atoms with Crippen LogP contribution in [-0.4, -0.2) is 9.97 Å². The van der Waals surface area contributed by atoms with Gasteiger partial charge in [0.15, 0.2) is 0 Å². The summed E-state index contributed by atoms with van der Waals surface area (Å²) < 4.78 is 1.08. The van der Waals surface area contributed by atoms with Crippen LogP contribution in [0.1, 0.15) is 11.1 Å². The van der Waals surface area contributed by atoms with Gasteiger partial charge in [0.1, 0.15) is 0 Å². The predicted molar refractivity (Wildman–Crippen MR) is 64.0 cm³/mol. The molecule has 0 atom stereocenters. The molecule has 0 N–H and O–H groups in total. The lowest BCUT2D eigenvalue weighted by Gasteiger charge is -2.01. The van der Waals surface area contributed by atoms with Crippen molar-refractivity contribution in [2.75, 3.05) is 0 Å². The maximum Gasteiger partial charge on any atom is 0.222 e. The zero-order valence-electron chi connectivity index (χ0n) is 7.82. The highest BCUT2D eigenvalue weighted by Gasteiger charge is 1.98. The molecule has 0 aliphatic rings. The minimum absolute atomic E-state index is 0.287. The van der Waals surface area contributed by atoms with Crippen molar-refractivity contribution in [1.29, 1.82) is 0 Å². The molecule has 0 amide bonds. The van der Waals surface area contributed by atoms with E-state index in [2.05, 4.69) is 38.0 Å². The Bertz CT molecular complexity index is 396. The summed E-state index contributed by atoms with van der Waals surface area (Å²) in [5.74, 6) is 0. The molecule has 2 aromatic rings. The van der Waals surface area contributed by atoms with Crippen LogP contribution in [0.3, 0.4) is 0 Å². The second-order valence-electron chi connectivity index (χ2n) is 3.16. The summed E-state index contributed by atoms with van der Waals surface area (Å²) in [6.07, 6.45) is 4.32. The molecule has 4 heteroatoms. The van der Waals surface area contributed by atoms with E-state index < -0.39 is 0 Å². The van der Waals surface area contributed by atoms with Crippen molar-refractivity contribution in [2.24, 2.45) is 0 Å². The van der Waals surface area contributed by atoms with E-state index in [1.165, 1.54) is 5.56 Å². The van der Waals surface area contributed by atoms with Gasteiger partial charge in [0, 0.05) is 23.3 Å². The van der Waals surface area contributed by atoms with Crippen LogP contribution in [0, 0.1) is 0 Å². The second kappa shape index (κ2) is 4.73. The molecule has 0 aliphatic heterocycles. The fourth-order valence-corrected chi connectivity index (χ4v) is 1.63. The number of benzene rings is 1. The highest BCUT2D eigenvalue weighted by Crippen LogP contribution is 2.13. The van der Waals surface area contributed by atoms with Gasteiger partial charge in [-0.25, -0.2) is 9.97 Å². The molecule has 0 unspecified atom stereocenters. The molecule has 15 heavy (non-hydrogen) atoms. The van der Waals surface area contributed by atoms with E-state index in [9.17, 15) is 0 Å². The molecular weight excluding hydrogens is 275 g/mol. The maximum absolute atomic E-state index is 5.61. The van der Waals surface area contributed by atoms with Gasteiger partial charge in [-0.3, -0.25) is 0 Å². The van der Waals surface area contributed by atoms with Crippen molar-refractivity contribution in [3.8, 4) is 0 Å². The lowest BCUT2D eigenvalue weighted by Crippen LogP contribution is -1.91. The van der Waals surface area contributed by atoms with E-state index in [0.29, 0.717) is 0 Å². The Balaban J connectivity index is 2.15. The van der Waals surface area contributed by atoms with Gasteiger partial charge in [-0.05, 0) is 34.9 Å². The van der Waals surface area contributed by atoms with Crippen molar-refractivity contribution in [1.82, 2.24) is 9.97 Å². The predicted octanol–water partition coefficient (Wildman–Crippen LogP) is 3.48. The van der Waals surface area contributed by atoms with Crippen molar-refractivity contribution < 1.29 is 0 Å². The first-order chi connectivity index (χ1) is 7.24. The molecule has 1 aromatic carbocycles. The lowest BCUT2D eigenvalue weighted by molar-refractivity contribution is 1.07. The highest BCUT2D eigenvalue weighted by atomic mass is 79.9. The van der Waals surface area contributed by atoms with Crippen LogP contribution in [0.2, 0.25) is 5.28 Å². The topological polar surface area (TPSA) is 25.8 Å². The monoisotopic (exact) mass is 282 g/mol. The van der Waals surface area contributed by atoms with Crippen LogP contribution >= 0.6 is 27.5 Å². The van der Waals surface area contributed by atoms with E-state index >= 15 is 0 Å². The smallest absolute Gasteiger partial charge is 0.222 e. The zero-order valence-corrected chi connectivity index (χ0v) is 10.2. The summed E-state index contributed by atoms with van der Waals surface area (Å²) in [5, 5.41) is 0.287. The molecule has 76 valence electrons. The first-order valence-electron chi connectivity index (χ1n) is 4.45. The summed E-state index contributed by atoms with van der Waals surface area (Å²) in [7, 11) is 0. The SMILES string of the molecule is Clc1ncc(Cc2ccc(Br)cc2)cn1. The molecule has 0 bridgehead atoms. The van der Waals surface area contributed by atoms with Crippen LogP contribution in [-0.2, 0) is 6.42 Å². The van der Waals surface area contributed by atoms with Crippen molar-refractivity contribution in [3.05, 3.63) is 57.5 Å². The van der Waals surface area contributed by atoms with Gasteiger partial charge in [-0.15, -0.1) is 0 Å². The zero-order chi connectivity index (χ0) is 10.7. The molecule has 2 nitrogen and oxygen atoms in total. The number of nitrogens with zero attached hydrogens (tertiary/aromatic N) is 2. The van der Waals surface area contributed by atoms with Crippen LogP contribution < -0.4 is 0 Å². The van der Waals surface area contributed by atoms with Gasteiger partial charge < -0.3 is 0 Å². The van der Waals surface area contributed by atoms with Gasteiger partial charge in [0.25, 0.3) is 0 Å². The number of halogens is 2. The van der Waals surface area contributed by atoms with E-state index in [4.69, 9.17) is 11.6 Å². The average molecular weight is 284 g/mol. The third kappa shape index (κ3) is 3.01. The summed E-state index contributed by atoms with van der Waals surface area (Å²) in [6.45, 7) is 0. The fraction of sp³-hybridized carbons (Fsp3) is 0.0909. The number of hydrogen-bond donors (Lipinski definition) is 0. The summed E-state index contributed by atoms with van der Waals surface area (Å²) in [4.78, 5) is 7.88. The molecule has 0 fully saturated rings. The van der Waals surface area contributed by atoms with E-state index in [0.717, 1.165) is 16.5 Å². The standard InChI is InChI=1S/C11H8BrClN2/c12-10-3-1-8(2-4-10)5-9-6-14-11(13)15-7-9/h1-4,6-7H,5H2. The Morgan fingerprint density at radius 2 is 1.60 bits per heavy atom. The van der Waals surface area contributed by atoms with Crippen LogP contribution in [0.25, 0.3) is 0 Å². The quantitative estimate of drug-likeness (QED) is 0.789. The Morgan fingerprint density at radius 3 is 2.20 bits per heavy atom. The first-order valence-corrected chi connectivity index (χ1v) is 5.62. The molecule has 1 heterocycles. The normalized spacial score (nSPS) is 10.3. The number of hydrogen-bond acceptors (Lipinski definition) is 2. The molecule has 0 aliphatic carbocycles. The minimum atomic E-state index is 0.287. The minimum Gasteiger partial charge on any atom is -0.226 e. The molecule has 1 aromatic heterocycles.